The molecular formula is C15H26N2O. The highest BCUT2D eigenvalue weighted by Crippen LogP contribution is 2.53. The van der Waals surface area contributed by atoms with Gasteiger partial charge in [0.2, 0.25) is 0 Å². The third-order valence-electron chi connectivity index (χ3n) is 5.34. The number of amides is 2. The van der Waals surface area contributed by atoms with E-state index in [0.717, 1.165) is 43.1 Å². The van der Waals surface area contributed by atoms with Crippen molar-refractivity contribution in [3.63, 3.8) is 0 Å². The van der Waals surface area contributed by atoms with E-state index in [4.69, 9.17) is 0 Å². The first kappa shape index (κ1) is 12.3. The summed E-state index contributed by atoms with van der Waals surface area (Å²) in [6, 6.07) is 0.542. The topological polar surface area (TPSA) is 41.1 Å². The lowest BCUT2D eigenvalue weighted by atomic mass is 9.54. The standard InChI is InChI=1S/C15H26N2O/c1-2-3-4-16-15(18)17-14-12-6-10-5-11(8-12)9-13(14)7-10/h10-14H,2-9H2,1H3,(H2,16,17,18). The number of unbranched alkanes of at least 4 members (excludes halogenated alkanes) is 1. The quantitative estimate of drug-likeness (QED) is 0.740. The van der Waals surface area contributed by atoms with E-state index in [1.54, 1.807) is 0 Å². The Labute approximate surface area is 110 Å². The Morgan fingerprint density at radius 2 is 1.67 bits per heavy atom. The van der Waals surface area contributed by atoms with Gasteiger partial charge in [0.25, 0.3) is 0 Å². The first-order valence-corrected chi connectivity index (χ1v) is 7.80. The van der Waals surface area contributed by atoms with Crippen molar-refractivity contribution in [3.8, 4) is 0 Å². The predicted octanol–water partition coefficient (Wildman–Crippen LogP) is 2.91. The molecule has 4 bridgehead atoms. The Balaban J connectivity index is 1.52. The third kappa shape index (κ3) is 2.36. The molecule has 0 heterocycles. The Kier molecular flexibility index (Phi) is 3.49. The largest absolute Gasteiger partial charge is 0.338 e. The second-order valence-electron chi connectivity index (χ2n) is 6.71. The Hall–Kier alpha value is -0.730. The number of hydrogen-bond donors (Lipinski definition) is 2. The maximum absolute atomic E-state index is 11.9. The molecule has 0 saturated heterocycles. The van der Waals surface area contributed by atoms with Crippen molar-refractivity contribution >= 4 is 6.03 Å². The van der Waals surface area contributed by atoms with E-state index in [1.165, 1.54) is 32.1 Å². The van der Waals surface area contributed by atoms with E-state index < -0.39 is 0 Å². The molecule has 2 amide bonds. The summed E-state index contributed by atoms with van der Waals surface area (Å²) in [5.74, 6) is 3.51. The van der Waals surface area contributed by atoms with E-state index in [9.17, 15) is 4.79 Å². The molecule has 0 radical (unpaired) electrons. The summed E-state index contributed by atoms with van der Waals surface area (Å²) in [6.07, 6.45) is 9.16. The molecule has 4 rings (SSSR count). The van der Waals surface area contributed by atoms with Crippen LogP contribution in [0.5, 0.6) is 0 Å². The van der Waals surface area contributed by atoms with Gasteiger partial charge in [-0.3, -0.25) is 0 Å². The van der Waals surface area contributed by atoms with Crippen molar-refractivity contribution in [1.82, 2.24) is 10.6 Å². The molecule has 4 fully saturated rings. The summed E-state index contributed by atoms with van der Waals surface area (Å²) in [4.78, 5) is 11.9. The number of urea groups is 1. The van der Waals surface area contributed by atoms with Gasteiger partial charge in [0.05, 0.1) is 0 Å². The zero-order valence-corrected chi connectivity index (χ0v) is 11.5. The van der Waals surface area contributed by atoms with Gasteiger partial charge in [-0.1, -0.05) is 13.3 Å². The molecule has 4 aliphatic carbocycles. The molecule has 18 heavy (non-hydrogen) atoms. The molecule has 0 atom stereocenters. The van der Waals surface area contributed by atoms with E-state index in [-0.39, 0.29) is 6.03 Å². The predicted molar refractivity (Wildman–Crippen MR) is 72.3 cm³/mol. The lowest BCUT2D eigenvalue weighted by Gasteiger charge is -2.54. The van der Waals surface area contributed by atoms with Crippen LogP contribution in [0.3, 0.4) is 0 Å². The van der Waals surface area contributed by atoms with Gasteiger partial charge in [-0.25, -0.2) is 4.79 Å². The fourth-order valence-electron chi connectivity index (χ4n) is 4.74. The maximum atomic E-state index is 11.9. The Morgan fingerprint density at radius 1 is 1.06 bits per heavy atom. The molecule has 4 aliphatic rings. The van der Waals surface area contributed by atoms with Crippen molar-refractivity contribution in [2.45, 2.75) is 57.9 Å². The molecule has 0 unspecified atom stereocenters. The molecule has 3 nitrogen and oxygen atoms in total. The highest BCUT2D eigenvalue weighted by molar-refractivity contribution is 5.74. The molecule has 0 aliphatic heterocycles. The summed E-state index contributed by atoms with van der Waals surface area (Å²) in [5, 5.41) is 6.26. The fourth-order valence-corrected chi connectivity index (χ4v) is 4.74. The van der Waals surface area contributed by atoms with Crippen LogP contribution in [-0.2, 0) is 0 Å². The van der Waals surface area contributed by atoms with Gasteiger partial charge in [-0.2, -0.15) is 0 Å². The average Bonchev–Trinajstić information content (AvgIpc) is 2.33. The van der Waals surface area contributed by atoms with Gasteiger partial charge in [0, 0.05) is 12.6 Å². The first-order chi connectivity index (χ1) is 8.76. The van der Waals surface area contributed by atoms with Crippen molar-refractivity contribution in [1.29, 1.82) is 0 Å². The fraction of sp³-hybridized carbons (Fsp3) is 0.933. The van der Waals surface area contributed by atoms with E-state index in [1.807, 2.05) is 0 Å². The zero-order valence-electron chi connectivity index (χ0n) is 11.5. The minimum Gasteiger partial charge on any atom is -0.338 e. The number of nitrogens with one attached hydrogen (secondary N) is 2. The number of rotatable bonds is 4. The van der Waals surface area contributed by atoms with E-state index in [0.29, 0.717) is 6.04 Å². The molecule has 0 aromatic heterocycles. The van der Waals surface area contributed by atoms with Crippen LogP contribution in [0.2, 0.25) is 0 Å². The van der Waals surface area contributed by atoms with Crippen molar-refractivity contribution in [3.05, 3.63) is 0 Å². The number of carbonyl (C=O) groups is 1. The lowest BCUT2D eigenvalue weighted by Crippen LogP contribution is -2.57. The van der Waals surface area contributed by atoms with Crippen LogP contribution in [0.25, 0.3) is 0 Å². The van der Waals surface area contributed by atoms with Crippen molar-refractivity contribution in [2.24, 2.45) is 23.7 Å². The van der Waals surface area contributed by atoms with Crippen LogP contribution in [0.1, 0.15) is 51.9 Å². The molecule has 2 N–H and O–H groups in total. The Morgan fingerprint density at radius 3 is 2.22 bits per heavy atom. The molecule has 0 aromatic carbocycles. The van der Waals surface area contributed by atoms with Crippen LogP contribution in [-0.4, -0.2) is 18.6 Å². The lowest BCUT2D eigenvalue weighted by molar-refractivity contribution is -0.00940. The van der Waals surface area contributed by atoms with Gasteiger partial charge in [-0.05, 0) is 62.2 Å². The minimum atomic E-state index is 0.0703. The molecule has 0 spiro atoms. The molecule has 102 valence electrons. The van der Waals surface area contributed by atoms with Gasteiger partial charge < -0.3 is 10.6 Å². The van der Waals surface area contributed by atoms with Crippen molar-refractivity contribution in [2.75, 3.05) is 6.54 Å². The van der Waals surface area contributed by atoms with Crippen LogP contribution in [0.4, 0.5) is 4.79 Å². The van der Waals surface area contributed by atoms with Gasteiger partial charge in [0.15, 0.2) is 0 Å². The first-order valence-electron chi connectivity index (χ1n) is 7.80. The van der Waals surface area contributed by atoms with Crippen LogP contribution >= 0.6 is 0 Å². The van der Waals surface area contributed by atoms with Gasteiger partial charge >= 0.3 is 6.03 Å². The van der Waals surface area contributed by atoms with E-state index in [2.05, 4.69) is 17.6 Å². The SMILES string of the molecule is CCCCNC(=O)NC1C2CC3CC(C2)CC1C3. The smallest absolute Gasteiger partial charge is 0.315 e. The normalized spacial score (nSPS) is 40.8. The second-order valence-corrected chi connectivity index (χ2v) is 6.71. The second kappa shape index (κ2) is 5.10. The highest BCUT2D eigenvalue weighted by Gasteiger charge is 2.48. The zero-order chi connectivity index (χ0) is 12.5. The monoisotopic (exact) mass is 250 g/mol. The molecule has 0 aromatic rings. The average molecular weight is 250 g/mol. The third-order valence-corrected chi connectivity index (χ3v) is 5.34. The number of hydrogen-bond acceptors (Lipinski definition) is 1. The Bertz CT molecular complexity index is 288. The summed E-state index contributed by atoms with van der Waals surface area (Å²) in [5.41, 5.74) is 0. The van der Waals surface area contributed by atoms with Crippen LogP contribution in [0.15, 0.2) is 0 Å². The summed E-state index contributed by atoms with van der Waals surface area (Å²) < 4.78 is 0. The van der Waals surface area contributed by atoms with Crippen LogP contribution < -0.4 is 10.6 Å². The van der Waals surface area contributed by atoms with E-state index >= 15 is 0 Å². The summed E-state index contributed by atoms with van der Waals surface area (Å²) in [6.45, 7) is 2.97. The van der Waals surface area contributed by atoms with Gasteiger partial charge in [-0.15, -0.1) is 0 Å². The van der Waals surface area contributed by atoms with Gasteiger partial charge in [0.1, 0.15) is 0 Å². The van der Waals surface area contributed by atoms with Crippen LogP contribution in [0, 0.1) is 23.7 Å². The summed E-state index contributed by atoms with van der Waals surface area (Å²) in [7, 11) is 0. The minimum absolute atomic E-state index is 0.0703. The molecule has 4 saturated carbocycles. The number of carbonyl (C=O) groups excluding carboxylic acids is 1. The van der Waals surface area contributed by atoms with Crippen molar-refractivity contribution < 1.29 is 4.79 Å². The molecular weight excluding hydrogens is 224 g/mol. The maximum Gasteiger partial charge on any atom is 0.315 e. The molecule has 3 heteroatoms. The highest BCUT2D eigenvalue weighted by atomic mass is 16.2. The summed E-state index contributed by atoms with van der Waals surface area (Å²) >= 11 is 0.